The first-order chi connectivity index (χ1) is 13.6. The number of rotatable bonds is 13. The second-order valence-corrected chi connectivity index (χ2v) is 14.5. The standard InChI is InChI=1S/C21H42O8Si/c1-16(22)26-14-18(29-30(9,10)21(5,6)7)17(27-15-25-12-11-24-8)13-19(23)28-20(2,3)4/h17-18H,11-15H2,1-10H3/t17-,18+/m0/s1. The van der Waals surface area contributed by atoms with E-state index in [1.54, 1.807) is 27.9 Å². The van der Waals surface area contributed by atoms with Crippen LogP contribution in [0.3, 0.4) is 0 Å². The molecule has 0 rings (SSSR count). The Hall–Kier alpha value is -1.00. The topological polar surface area (TPSA) is 89.5 Å². The van der Waals surface area contributed by atoms with E-state index >= 15 is 0 Å². The summed E-state index contributed by atoms with van der Waals surface area (Å²) in [6, 6.07) is 0. The molecular formula is C21H42O8Si. The van der Waals surface area contributed by atoms with Gasteiger partial charge in [-0.2, -0.15) is 0 Å². The predicted octanol–water partition coefficient (Wildman–Crippen LogP) is 3.68. The summed E-state index contributed by atoms with van der Waals surface area (Å²) in [6.07, 6.45) is -1.38. The lowest BCUT2D eigenvalue weighted by Gasteiger charge is -2.41. The Morgan fingerprint density at radius 3 is 2.03 bits per heavy atom. The zero-order valence-electron chi connectivity index (χ0n) is 20.5. The van der Waals surface area contributed by atoms with Gasteiger partial charge in [-0.1, -0.05) is 20.8 Å². The van der Waals surface area contributed by atoms with Crippen LogP contribution in [-0.2, 0) is 37.7 Å². The Kier molecular flexibility index (Phi) is 12.3. The van der Waals surface area contributed by atoms with E-state index in [9.17, 15) is 9.59 Å². The van der Waals surface area contributed by atoms with Gasteiger partial charge in [0.05, 0.1) is 25.7 Å². The first kappa shape index (κ1) is 29.0. The van der Waals surface area contributed by atoms with E-state index < -0.39 is 38.1 Å². The molecule has 0 aliphatic carbocycles. The van der Waals surface area contributed by atoms with Crippen molar-refractivity contribution < 1.29 is 37.7 Å². The minimum Gasteiger partial charge on any atom is -0.463 e. The predicted molar refractivity (Wildman–Crippen MR) is 117 cm³/mol. The summed E-state index contributed by atoms with van der Waals surface area (Å²) < 4.78 is 33.4. The van der Waals surface area contributed by atoms with E-state index in [1.165, 1.54) is 6.92 Å². The van der Waals surface area contributed by atoms with Crippen LogP contribution in [0.4, 0.5) is 0 Å². The van der Waals surface area contributed by atoms with E-state index in [0.717, 1.165) is 0 Å². The van der Waals surface area contributed by atoms with Gasteiger partial charge in [-0.15, -0.1) is 0 Å². The van der Waals surface area contributed by atoms with Gasteiger partial charge in [-0.3, -0.25) is 9.59 Å². The number of hydrogen-bond acceptors (Lipinski definition) is 8. The summed E-state index contributed by atoms with van der Waals surface area (Å²) in [7, 11) is -0.664. The number of carbonyl (C=O) groups excluding carboxylic acids is 2. The highest BCUT2D eigenvalue weighted by molar-refractivity contribution is 6.74. The Labute approximate surface area is 183 Å². The molecule has 0 saturated heterocycles. The second kappa shape index (κ2) is 12.8. The maximum absolute atomic E-state index is 12.5. The molecule has 178 valence electrons. The number of hydrogen-bond donors (Lipinski definition) is 0. The van der Waals surface area contributed by atoms with Gasteiger partial charge in [0.1, 0.15) is 25.1 Å². The molecule has 8 nitrogen and oxygen atoms in total. The van der Waals surface area contributed by atoms with Crippen molar-refractivity contribution >= 4 is 20.3 Å². The summed E-state index contributed by atoms with van der Waals surface area (Å²) in [6.45, 7) is 18.0. The van der Waals surface area contributed by atoms with Crippen LogP contribution in [0.5, 0.6) is 0 Å². The van der Waals surface area contributed by atoms with Gasteiger partial charge in [0.25, 0.3) is 0 Å². The number of carbonyl (C=O) groups is 2. The first-order valence-electron chi connectivity index (χ1n) is 10.3. The molecule has 0 bridgehead atoms. The lowest BCUT2D eigenvalue weighted by atomic mass is 10.1. The molecule has 0 amide bonds. The van der Waals surface area contributed by atoms with Crippen LogP contribution < -0.4 is 0 Å². The lowest BCUT2D eigenvalue weighted by molar-refractivity contribution is -0.171. The minimum absolute atomic E-state index is 0.0205. The summed E-state index contributed by atoms with van der Waals surface area (Å²) in [5.74, 6) is -0.845. The number of esters is 2. The highest BCUT2D eigenvalue weighted by Crippen LogP contribution is 2.38. The SMILES string of the molecule is COCCOCO[C@@H](CC(=O)OC(C)(C)C)[C@@H](COC(C)=O)O[Si](C)(C)C(C)(C)C. The van der Waals surface area contributed by atoms with Crippen molar-refractivity contribution in [3.05, 3.63) is 0 Å². The van der Waals surface area contributed by atoms with Gasteiger partial charge in [0, 0.05) is 14.0 Å². The number of methoxy groups -OCH3 is 1. The molecule has 0 N–H and O–H groups in total. The fourth-order valence-corrected chi connectivity index (χ4v) is 3.48. The molecule has 0 aromatic heterocycles. The zero-order chi connectivity index (χ0) is 23.6. The van der Waals surface area contributed by atoms with Gasteiger partial charge in [-0.05, 0) is 38.9 Å². The quantitative estimate of drug-likeness (QED) is 0.182. The van der Waals surface area contributed by atoms with E-state index in [1.807, 2.05) is 0 Å². The molecule has 0 radical (unpaired) electrons. The average Bonchev–Trinajstić information content (AvgIpc) is 2.54. The van der Waals surface area contributed by atoms with Gasteiger partial charge >= 0.3 is 11.9 Å². The second-order valence-electron chi connectivity index (χ2n) is 9.73. The normalized spacial score (nSPS) is 14.9. The van der Waals surface area contributed by atoms with Crippen LogP contribution in [-0.4, -0.2) is 71.8 Å². The molecule has 30 heavy (non-hydrogen) atoms. The van der Waals surface area contributed by atoms with Crippen LogP contribution in [0.15, 0.2) is 0 Å². The first-order valence-corrected chi connectivity index (χ1v) is 13.2. The van der Waals surface area contributed by atoms with Crippen molar-refractivity contribution in [3.63, 3.8) is 0 Å². The van der Waals surface area contributed by atoms with E-state index in [4.69, 9.17) is 28.1 Å². The molecule has 0 aromatic rings. The minimum atomic E-state index is -2.25. The number of ether oxygens (including phenoxy) is 5. The third kappa shape index (κ3) is 12.6. The van der Waals surface area contributed by atoms with Crippen molar-refractivity contribution in [1.29, 1.82) is 0 Å². The van der Waals surface area contributed by atoms with Crippen molar-refractivity contribution in [1.82, 2.24) is 0 Å². The summed E-state index contributed by atoms with van der Waals surface area (Å²) >= 11 is 0. The van der Waals surface area contributed by atoms with Gasteiger partial charge in [0.15, 0.2) is 8.32 Å². The van der Waals surface area contributed by atoms with Crippen molar-refractivity contribution in [2.75, 3.05) is 33.7 Å². The molecule has 0 aromatic carbocycles. The highest BCUT2D eigenvalue weighted by Gasteiger charge is 2.42. The van der Waals surface area contributed by atoms with Crippen LogP contribution in [0, 0.1) is 0 Å². The molecule has 0 unspecified atom stereocenters. The fourth-order valence-electron chi connectivity index (χ4n) is 2.15. The van der Waals surface area contributed by atoms with Gasteiger partial charge in [0.2, 0.25) is 0 Å². The third-order valence-electron chi connectivity index (χ3n) is 4.70. The van der Waals surface area contributed by atoms with Gasteiger partial charge in [-0.25, -0.2) is 0 Å². The molecule has 2 atom stereocenters. The maximum Gasteiger partial charge on any atom is 0.309 e. The van der Waals surface area contributed by atoms with Crippen LogP contribution in [0.1, 0.15) is 54.9 Å². The van der Waals surface area contributed by atoms with Crippen LogP contribution in [0.2, 0.25) is 18.1 Å². The van der Waals surface area contributed by atoms with Crippen molar-refractivity contribution in [3.8, 4) is 0 Å². The van der Waals surface area contributed by atoms with Crippen molar-refractivity contribution in [2.24, 2.45) is 0 Å². The summed E-state index contributed by atoms with van der Waals surface area (Å²) in [5, 5.41) is -0.0765. The Morgan fingerprint density at radius 2 is 1.57 bits per heavy atom. The van der Waals surface area contributed by atoms with E-state index in [2.05, 4.69) is 33.9 Å². The monoisotopic (exact) mass is 450 g/mol. The van der Waals surface area contributed by atoms with E-state index in [-0.39, 0.29) is 24.9 Å². The molecule has 0 aliphatic heterocycles. The average molecular weight is 451 g/mol. The fraction of sp³-hybridized carbons (Fsp3) is 0.905. The van der Waals surface area contributed by atoms with E-state index in [0.29, 0.717) is 13.2 Å². The maximum atomic E-state index is 12.5. The highest BCUT2D eigenvalue weighted by atomic mass is 28.4. The third-order valence-corrected chi connectivity index (χ3v) is 9.21. The largest absolute Gasteiger partial charge is 0.463 e. The molecule has 0 spiro atoms. The van der Waals surface area contributed by atoms with Crippen molar-refractivity contribution in [2.45, 2.75) is 90.8 Å². The smallest absolute Gasteiger partial charge is 0.309 e. The summed E-state index contributed by atoms with van der Waals surface area (Å²) in [4.78, 5) is 23.9. The Balaban J connectivity index is 5.50. The lowest BCUT2D eigenvalue weighted by Crippen LogP contribution is -2.50. The van der Waals surface area contributed by atoms with Crippen LogP contribution >= 0.6 is 0 Å². The van der Waals surface area contributed by atoms with Crippen LogP contribution in [0.25, 0.3) is 0 Å². The summed E-state index contributed by atoms with van der Waals surface area (Å²) in [5.41, 5.74) is -0.623. The molecular weight excluding hydrogens is 408 g/mol. The molecule has 9 heteroatoms. The molecule has 0 aliphatic rings. The zero-order valence-corrected chi connectivity index (χ0v) is 21.5. The Morgan fingerprint density at radius 1 is 0.967 bits per heavy atom. The Bertz CT molecular complexity index is 522. The molecule has 0 saturated carbocycles. The molecule has 0 fully saturated rings. The molecule has 0 heterocycles. The van der Waals surface area contributed by atoms with Gasteiger partial charge < -0.3 is 28.1 Å².